The maximum Gasteiger partial charge on any atom is 0.255 e. The fourth-order valence-corrected chi connectivity index (χ4v) is 3.18. The Balaban J connectivity index is 1.88. The van der Waals surface area contributed by atoms with Gasteiger partial charge in [-0.3, -0.25) is 9.59 Å². The van der Waals surface area contributed by atoms with Gasteiger partial charge in [0.2, 0.25) is 5.91 Å². The number of hydrogen-bond donors (Lipinski definition) is 3. The third-order valence-corrected chi connectivity index (χ3v) is 4.72. The van der Waals surface area contributed by atoms with Crippen molar-refractivity contribution in [3.05, 3.63) is 30.6 Å². The number of H-pyrrole nitrogens is 1. The van der Waals surface area contributed by atoms with E-state index in [9.17, 15) is 14.9 Å². The van der Waals surface area contributed by atoms with Crippen molar-refractivity contribution >= 4 is 28.8 Å². The average molecular weight is 367 g/mol. The predicted molar refractivity (Wildman–Crippen MR) is 99.8 cm³/mol. The van der Waals surface area contributed by atoms with Crippen LogP contribution in [0.1, 0.15) is 24.2 Å². The van der Waals surface area contributed by atoms with Crippen LogP contribution >= 0.6 is 0 Å². The maximum absolute atomic E-state index is 12.2. The lowest BCUT2D eigenvalue weighted by atomic mass is 9.87. The van der Waals surface area contributed by atoms with Crippen molar-refractivity contribution in [3.63, 3.8) is 0 Å². The minimum absolute atomic E-state index is 0.216. The summed E-state index contributed by atoms with van der Waals surface area (Å²) in [5.74, 6) is -0.0146. The van der Waals surface area contributed by atoms with Gasteiger partial charge in [0.05, 0.1) is 29.3 Å². The molecule has 3 N–H and O–H groups in total. The van der Waals surface area contributed by atoms with E-state index in [1.54, 1.807) is 18.0 Å². The number of nitriles is 1. The van der Waals surface area contributed by atoms with Crippen molar-refractivity contribution in [1.29, 1.82) is 5.26 Å². The molecule has 3 heterocycles. The Labute approximate surface area is 156 Å². The Morgan fingerprint density at radius 2 is 2.37 bits per heavy atom. The van der Waals surface area contributed by atoms with Crippen molar-refractivity contribution in [2.45, 2.75) is 19.9 Å². The smallest absolute Gasteiger partial charge is 0.255 e. The molecule has 2 aromatic rings. The van der Waals surface area contributed by atoms with Gasteiger partial charge >= 0.3 is 0 Å². The number of anilines is 1. The minimum atomic E-state index is -0.782. The fraction of sp³-hybridized carbons (Fsp3) is 0.389. The summed E-state index contributed by atoms with van der Waals surface area (Å²) in [4.78, 5) is 37.4. The van der Waals surface area contributed by atoms with Gasteiger partial charge in [-0.15, -0.1) is 0 Å². The molecule has 2 amide bonds. The first kappa shape index (κ1) is 18.4. The summed E-state index contributed by atoms with van der Waals surface area (Å²) in [6.45, 7) is 8.29. The lowest BCUT2D eigenvalue weighted by molar-refractivity contribution is -0.125. The maximum atomic E-state index is 12.2. The Morgan fingerprint density at radius 1 is 1.59 bits per heavy atom. The van der Waals surface area contributed by atoms with Gasteiger partial charge in [-0.2, -0.15) is 5.26 Å². The first-order valence-electron chi connectivity index (χ1n) is 8.63. The van der Waals surface area contributed by atoms with Crippen LogP contribution in [0.2, 0.25) is 0 Å². The molecule has 1 aliphatic rings. The number of carbonyl (C=O) groups excluding carboxylic acids is 2. The molecule has 0 saturated carbocycles. The third-order valence-electron chi connectivity index (χ3n) is 4.72. The van der Waals surface area contributed by atoms with E-state index < -0.39 is 5.41 Å². The first-order chi connectivity index (χ1) is 12.9. The van der Waals surface area contributed by atoms with Gasteiger partial charge in [-0.05, 0) is 19.9 Å². The van der Waals surface area contributed by atoms with Crippen LogP contribution in [-0.4, -0.2) is 57.3 Å². The Bertz CT molecular complexity index is 945. The predicted octanol–water partition coefficient (Wildman–Crippen LogP) is 1.05. The van der Waals surface area contributed by atoms with Crippen molar-refractivity contribution in [3.8, 4) is 6.07 Å². The van der Waals surface area contributed by atoms with E-state index in [0.29, 0.717) is 42.2 Å². The Morgan fingerprint density at radius 3 is 3.04 bits per heavy atom. The number of aromatic amines is 1. The average Bonchev–Trinajstić information content (AvgIpc) is 3.23. The minimum Gasteiger partial charge on any atom is -0.363 e. The molecule has 9 nitrogen and oxygen atoms in total. The van der Waals surface area contributed by atoms with Crippen LogP contribution in [0.3, 0.4) is 0 Å². The highest BCUT2D eigenvalue weighted by Gasteiger charge is 2.45. The highest BCUT2D eigenvalue weighted by atomic mass is 16.2. The molecule has 0 radical (unpaired) electrons. The molecule has 0 bridgehead atoms. The second kappa shape index (κ2) is 7.07. The lowest BCUT2D eigenvalue weighted by Gasteiger charge is -2.23. The van der Waals surface area contributed by atoms with Crippen LogP contribution in [0.25, 0.3) is 11.2 Å². The normalized spacial score (nSPS) is 21.7. The second-order valence-corrected chi connectivity index (χ2v) is 6.66. The van der Waals surface area contributed by atoms with Gasteiger partial charge in [0.25, 0.3) is 5.91 Å². The van der Waals surface area contributed by atoms with E-state index in [-0.39, 0.29) is 17.9 Å². The molecule has 0 aromatic carbocycles. The van der Waals surface area contributed by atoms with Gasteiger partial charge in [0.15, 0.2) is 5.65 Å². The van der Waals surface area contributed by atoms with Gasteiger partial charge in [0.1, 0.15) is 11.3 Å². The molecule has 140 valence electrons. The SMILES string of the molecule is C=CC(=O)N1C[C@H](Nc2cnc3[nH]cc(C(=O)NCC)c3n2)[C@@](C)(C#N)C1. The topological polar surface area (TPSA) is 127 Å². The number of amides is 2. The first-order valence-corrected chi connectivity index (χ1v) is 8.63. The molecule has 27 heavy (non-hydrogen) atoms. The summed E-state index contributed by atoms with van der Waals surface area (Å²) in [5, 5.41) is 15.6. The molecule has 0 unspecified atom stereocenters. The molecule has 1 fully saturated rings. The number of carbonyl (C=O) groups is 2. The summed E-state index contributed by atoms with van der Waals surface area (Å²) in [5.41, 5.74) is 0.567. The summed E-state index contributed by atoms with van der Waals surface area (Å²) < 4.78 is 0. The van der Waals surface area contributed by atoms with Crippen LogP contribution in [0, 0.1) is 16.7 Å². The molecule has 3 rings (SSSR count). The highest BCUT2D eigenvalue weighted by molar-refractivity contribution is 6.04. The zero-order valence-electron chi connectivity index (χ0n) is 15.2. The van der Waals surface area contributed by atoms with Gasteiger partial charge < -0.3 is 20.5 Å². The van der Waals surface area contributed by atoms with Crippen LogP contribution in [0.4, 0.5) is 5.82 Å². The summed E-state index contributed by atoms with van der Waals surface area (Å²) >= 11 is 0. The van der Waals surface area contributed by atoms with E-state index in [1.165, 1.54) is 12.3 Å². The lowest BCUT2D eigenvalue weighted by Crippen LogP contribution is -2.36. The number of hydrogen-bond acceptors (Lipinski definition) is 6. The van der Waals surface area contributed by atoms with Crippen molar-refractivity contribution < 1.29 is 9.59 Å². The van der Waals surface area contributed by atoms with Crippen LogP contribution < -0.4 is 10.6 Å². The third kappa shape index (κ3) is 3.33. The zero-order chi connectivity index (χ0) is 19.6. The van der Waals surface area contributed by atoms with E-state index in [0.717, 1.165) is 0 Å². The van der Waals surface area contributed by atoms with Gasteiger partial charge in [-0.1, -0.05) is 6.58 Å². The molecular formula is C18H21N7O2. The Kier molecular flexibility index (Phi) is 4.81. The number of fused-ring (bicyclic) bond motifs is 1. The fourth-order valence-electron chi connectivity index (χ4n) is 3.18. The monoisotopic (exact) mass is 367 g/mol. The van der Waals surface area contributed by atoms with Gasteiger partial charge in [0, 0.05) is 25.8 Å². The molecule has 2 atom stereocenters. The largest absolute Gasteiger partial charge is 0.363 e. The van der Waals surface area contributed by atoms with Crippen molar-refractivity contribution in [2.75, 3.05) is 25.0 Å². The molecule has 0 spiro atoms. The zero-order valence-corrected chi connectivity index (χ0v) is 15.2. The highest BCUT2D eigenvalue weighted by Crippen LogP contribution is 2.32. The molecule has 2 aromatic heterocycles. The standard InChI is InChI=1S/C18H21N7O2/c1-4-14(26)25-8-12(18(3,9-19)10-25)23-13-7-22-16-15(24-13)11(6-21-16)17(27)20-5-2/h4,6-7,12H,1,5,8,10H2,2-3H3,(H,20,27)(H,21,22)(H,23,24)/t12-,18-/m0/s1. The van der Waals surface area contributed by atoms with E-state index in [2.05, 4.69) is 38.2 Å². The van der Waals surface area contributed by atoms with Crippen LogP contribution in [-0.2, 0) is 4.79 Å². The van der Waals surface area contributed by atoms with E-state index >= 15 is 0 Å². The quantitative estimate of drug-likeness (QED) is 0.678. The molecule has 1 saturated heterocycles. The number of likely N-dealkylation sites (tertiary alicyclic amines) is 1. The number of aromatic nitrogens is 3. The molecule has 1 aliphatic heterocycles. The molecule has 0 aliphatic carbocycles. The van der Waals surface area contributed by atoms with Crippen LogP contribution in [0.15, 0.2) is 25.0 Å². The van der Waals surface area contributed by atoms with Crippen LogP contribution in [0.5, 0.6) is 0 Å². The number of rotatable bonds is 5. The summed E-state index contributed by atoms with van der Waals surface area (Å²) in [6.07, 6.45) is 4.35. The molecule has 9 heteroatoms. The number of nitrogens with one attached hydrogen (secondary N) is 3. The Hall–Kier alpha value is -3.41. The van der Waals surface area contributed by atoms with E-state index in [1.807, 2.05) is 6.92 Å². The number of nitrogens with zero attached hydrogens (tertiary/aromatic N) is 4. The van der Waals surface area contributed by atoms with Crippen molar-refractivity contribution in [2.24, 2.45) is 5.41 Å². The summed E-state index contributed by atoms with van der Waals surface area (Å²) in [7, 11) is 0. The summed E-state index contributed by atoms with van der Waals surface area (Å²) in [6, 6.07) is 1.96. The second-order valence-electron chi connectivity index (χ2n) is 6.66. The van der Waals surface area contributed by atoms with Crippen molar-refractivity contribution in [1.82, 2.24) is 25.2 Å². The molecular weight excluding hydrogens is 346 g/mol. The van der Waals surface area contributed by atoms with Gasteiger partial charge in [-0.25, -0.2) is 9.97 Å². The van der Waals surface area contributed by atoms with E-state index in [4.69, 9.17) is 0 Å².